The van der Waals surface area contributed by atoms with E-state index in [0.717, 1.165) is 6.07 Å². The van der Waals surface area contributed by atoms with Crippen LogP contribution in [0.2, 0.25) is 10.0 Å². The molecule has 1 aromatic heterocycles. The zero-order valence-electron chi connectivity index (χ0n) is 15.0. The molecule has 3 rings (SSSR count). The van der Waals surface area contributed by atoms with Crippen molar-refractivity contribution >= 4 is 29.2 Å². The predicted molar refractivity (Wildman–Crippen MR) is 102 cm³/mol. The number of hydrogen-bond acceptors (Lipinski definition) is 7. The maximum Gasteiger partial charge on any atom is 0.340 e. The van der Waals surface area contributed by atoms with Gasteiger partial charge in [-0.15, -0.1) is 0 Å². The molecule has 1 atom stereocenters. The van der Waals surface area contributed by atoms with Gasteiger partial charge in [-0.3, -0.25) is 4.79 Å². The van der Waals surface area contributed by atoms with Crippen LogP contribution in [0.5, 0.6) is 5.75 Å². The largest absolute Gasteiger partial charge is 0.459 e. The van der Waals surface area contributed by atoms with E-state index in [-0.39, 0.29) is 38.8 Å². The van der Waals surface area contributed by atoms with E-state index in [1.54, 1.807) is 32.0 Å². The minimum absolute atomic E-state index is 0.0161. The summed E-state index contributed by atoms with van der Waals surface area (Å²) in [5.74, 6) is -2.42. The highest BCUT2D eigenvalue weighted by Gasteiger charge is 2.41. The molecule has 0 radical (unpaired) electrons. The number of carbonyl (C=O) groups is 1. The Kier molecular flexibility index (Phi) is 5.69. The number of benzene rings is 1. The number of halogens is 2. The molecule has 1 aliphatic heterocycles. The van der Waals surface area contributed by atoms with Gasteiger partial charge in [-0.25, -0.2) is 4.79 Å². The first kappa shape index (κ1) is 20.3. The van der Waals surface area contributed by atoms with E-state index in [9.17, 15) is 14.7 Å². The lowest BCUT2D eigenvalue weighted by atomic mass is 9.86. The normalized spacial score (nSPS) is 16.0. The molecule has 3 N–H and O–H groups in total. The van der Waals surface area contributed by atoms with Crippen molar-refractivity contribution in [3.63, 3.8) is 0 Å². The van der Waals surface area contributed by atoms with Gasteiger partial charge in [-0.05, 0) is 26.0 Å². The number of aliphatic hydroxyl groups excluding tert-OH is 1. The van der Waals surface area contributed by atoms with Gasteiger partial charge in [0.05, 0.1) is 12.0 Å². The second-order valence-corrected chi connectivity index (χ2v) is 7.15. The molecule has 2 aromatic rings. The Morgan fingerprint density at radius 3 is 2.54 bits per heavy atom. The molecule has 0 amide bonds. The minimum atomic E-state index is -1.06. The third-order valence-corrected chi connectivity index (χ3v) is 4.68. The van der Waals surface area contributed by atoms with Crippen LogP contribution in [0.1, 0.15) is 36.8 Å². The van der Waals surface area contributed by atoms with Crippen LogP contribution in [0.3, 0.4) is 0 Å². The molecule has 1 aromatic carbocycles. The van der Waals surface area contributed by atoms with Crippen molar-refractivity contribution < 1.29 is 23.8 Å². The molecule has 7 nitrogen and oxygen atoms in total. The summed E-state index contributed by atoms with van der Waals surface area (Å²) in [5.41, 5.74) is 5.60. The molecule has 2 heterocycles. The summed E-state index contributed by atoms with van der Waals surface area (Å²) in [7, 11) is 0. The zero-order chi connectivity index (χ0) is 20.6. The van der Waals surface area contributed by atoms with Crippen molar-refractivity contribution in [3.8, 4) is 5.75 Å². The summed E-state index contributed by atoms with van der Waals surface area (Å²) < 4.78 is 16.3. The van der Waals surface area contributed by atoms with Crippen LogP contribution in [-0.4, -0.2) is 17.2 Å². The Hall–Kier alpha value is -2.48. The second-order valence-electron chi connectivity index (χ2n) is 6.33. The molecule has 9 heteroatoms. The Morgan fingerprint density at radius 1 is 1.32 bits per heavy atom. The monoisotopic (exact) mass is 425 g/mol. The summed E-state index contributed by atoms with van der Waals surface area (Å²) in [4.78, 5) is 25.2. The molecule has 0 bridgehead atoms. The highest BCUT2D eigenvalue weighted by molar-refractivity contribution is 6.36. The Bertz CT molecular complexity index is 1010. The highest BCUT2D eigenvalue weighted by Crippen LogP contribution is 2.46. The average molecular weight is 426 g/mol. The first-order valence-corrected chi connectivity index (χ1v) is 9.10. The Labute approximate surface area is 170 Å². The van der Waals surface area contributed by atoms with E-state index < -0.39 is 30.0 Å². The van der Waals surface area contributed by atoms with Gasteiger partial charge >= 0.3 is 5.97 Å². The fraction of sp³-hybridized carbons (Fsp3) is 0.263. The summed E-state index contributed by atoms with van der Waals surface area (Å²) in [6.45, 7) is 2.82. The lowest BCUT2D eigenvalue weighted by molar-refractivity contribution is -0.143. The number of nitrogens with two attached hydrogens (primary N) is 1. The molecule has 0 saturated carbocycles. The van der Waals surface area contributed by atoms with Crippen molar-refractivity contribution in [2.45, 2.75) is 32.5 Å². The lowest BCUT2D eigenvalue weighted by Gasteiger charge is -2.28. The van der Waals surface area contributed by atoms with E-state index in [0.29, 0.717) is 5.56 Å². The van der Waals surface area contributed by atoms with Crippen LogP contribution in [-0.2, 0) is 16.1 Å². The molecule has 0 saturated heterocycles. The maximum absolute atomic E-state index is 12.8. The minimum Gasteiger partial charge on any atom is -0.459 e. The molecule has 0 fully saturated rings. The topological polar surface area (TPSA) is 112 Å². The van der Waals surface area contributed by atoms with Crippen LogP contribution in [0.4, 0.5) is 0 Å². The fourth-order valence-electron chi connectivity index (χ4n) is 2.91. The van der Waals surface area contributed by atoms with Crippen molar-refractivity contribution in [2.75, 3.05) is 0 Å². The van der Waals surface area contributed by atoms with E-state index in [2.05, 4.69) is 0 Å². The van der Waals surface area contributed by atoms with E-state index in [1.165, 1.54) is 0 Å². The molecule has 148 valence electrons. The smallest absolute Gasteiger partial charge is 0.340 e. The first-order chi connectivity index (χ1) is 13.2. The van der Waals surface area contributed by atoms with Crippen molar-refractivity contribution in [3.05, 3.63) is 73.1 Å². The number of hydrogen-bond donors (Lipinski definition) is 2. The summed E-state index contributed by atoms with van der Waals surface area (Å²) >= 11 is 12.7. The second kappa shape index (κ2) is 7.87. The molecule has 1 aliphatic rings. The summed E-state index contributed by atoms with van der Waals surface area (Å²) in [5, 5.41) is 9.88. The predicted octanol–water partition coefficient (Wildman–Crippen LogP) is 3.09. The SMILES string of the molecule is CC(C)OC(=O)C1=C(N)Oc2c(oc(CO)cc2=O)[C@H]1c1c(Cl)cccc1Cl. The zero-order valence-corrected chi connectivity index (χ0v) is 16.5. The van der Waals surface area contributed by atoms with E-state index >= 15 is 0 Å². The third kappa shape index (κ3) is 3.61. The van der Waals surface area contributed by atoms with Gasteiger partial charge in [-0.1, -0.05) is 29.3 Å². The van der Waals surface area contributed by atoms with Gasteiger partial charge < -0.3 is 24.7 Å². The number of esters is 1. The number of rotatable bonds is 4. The van der Waals surface area contributed by atoms with E-state index in [1.807, 2.05) is 0 Å². The quantitative estimate of drug-likeness (QED) is 0.723. The molecule has 0 spiro atoms. The van der Waals surface area contributed by atoms with Gasteiger partial charge in [0.25, 0.3) is 0 Å². The Morgan fingerprint density at radius 2 is 1.96 bits per heavy atom. The van der Waals surface area contributed by atoms with Gasteiger partial charge in [0, 0.05) is 21.7 Å². The fourth-order valence-corrected chi connectivity index (χ4v) is 3.53. The first-order valence-electron chi connectivity index (χ1n) is 8.34. The van der Waals surface area contributed by atoms with Gasteiger partial charge in [0.15, 0.2) is 5.76 Å². The van der Waals surface area contributed by atoms with Crippen LogP contribution >= 0.6 is 23.2 Å². The molecule has 28 heavy (non-hydrogen) atoms. The molecular weight excluding hydrogens is 409 g/mol. The summed E-state index contributed by atoms with van der Waals surface area (Å²) in [6, 6.07) is 5.86. The van der Waals surface area contributed by atoms with Crippen molar-refractivity contribution in [1.29, 1.82) is 0 Å². The van der Waals surface area contributed by atoms with Crippen LogP contribution in [0.15, 0.2) is 44.9 Å². The Balaban J connectivity index is 2.33. The van der Waals surface area contributed by atoms with Gasteiger partial charge in [0.2, 0.25) is 17.1 Å². The van der Waals surface area contributed by atoms with Crippen LogP contribution < -0.4 is 15.9 Å². The van der Waals surface area contributed by atoms with E-state index in [4.69, 9.17) is 42.8 Å². The number of fused-ring (bicyclic) bond motifs is 1. The number of aliphatic hydroxyl groups is 1. The average Bonchev–Trinajstić information content (AvgIpc) is 2.61. The number of carbonyl (C=O) groups excluding carboxylic acids is 1. The summed E-state index contributed by atoms with van der Waals surface area (Å²) in [6.07, 6.45) is -0.438. The van der Waals surface area contributed by atoms with Crippen LogP contribution in [0, 0.1) is 0 Å². The number of ether oxygens (including phenoxy) is 2. The molecular formula is C19H17Cl2NO6. The maximum atomic E-state index is 12.8. The van der Waals surface area contributed by atoms with Crippen LogP contribution in [0.25, 0.3) is 0 Å². The third-order valence-electron chi connectivity index (χ3n) is 4.02. The lowest BCUT2D eigenvalue weighted by Crippen LogP contribution is -2.31. The van der Waals surface area contributed by atoms with Crippen molar-refractivity contribution in [2.24, 2.45) is 5.73 Å². The van der Waals surface area contributed by atoms with Gasteiger partial charge in [0.1, 0.15) is 17.9 Å². The standard InChI is InChI=1S/C19H17Cl2NO6/c1-8(2)26-19(25)15-14(13-10(20)4-3-5-11(13)21)17-16(28-18(15)22)12(24)6-9(7-23)27-17/h3-6,8,14,23H,7,22H2,1-2H3/t14-/m0/s1. The highest BCUT2D eigenvalue weighted by atomic mass is 35.5. The molecule has 0 unspecified atom stereocenters. The van der Waals surface area contributed by atoms with Gasteiger partial charge in [-0.2, -0.15) is 0 Å². The molecule has 0 aliphatic carbocycles. The van der Waals surface area contributed by atoms with Crippen molar-refractivity contribution in [1.82, 2.24) is 0 Å².